The second-order valence-corrected chi connectivity index (χ2v) is 5.47. The van der Waals surface area contributed by atoms with E-state index in [0.29, 0.717) is 17.1 Å². The number of thioether (sulfide) groups is 1. The van der Waals surface area contributed by atoms with Crippen molar-refractivity contribution >= 4 is 29.3 Å². The number of cyclic esters (lactones) is 1. The van der Waals surface area contributed by atoms with Gasteiger partial charge in [0.05, 0.1) is 18.0 Å². The summed E-state index contributed by atoms with van der Waals surface area (Å²) in [6, 6.07) is 4.45. The molecule has 0 aliphatic carbocycles. The normalized spacial score (nSPS) is 18.2. The Labute approximate surface area is 120 Å². The molecule has 1 atom stereocenters. The van der Waals surface area contributed by atoms with E-state index in [1.165, 1.54) is 17.9 Å². The van der Waals surface area contributed by atoms with Crippen LogP contribution in [-0.4, -0.2) is 36.8 Å². The van der Waals surface area contributed by atoms with Gasteiger partial charge in [-0.05, 0) is 25.1 Å². The topological polar surface area (TPSA) is 72.6 Å². The largest absolute Gasteiger partial charge is 0.443 e. The monoisotopic (exact) mass is 298 g/mol. The van der Waals surface area contributed by atoms with Crippen molar-refractivity contribution in [2.75, 3.05) is 23.7 Å². The van der Waals surface area contributed by atoms with Gasteiger partial charge in [0.25, 0.3) is 0 Å². The maximum atomic E-state index is 13.9. The summed E-state index contributed by atoms with van der Waals surface area (Å²) in [6.45, 7) is 2.00. The molecule has 5 nitrogen and oxygen atoms in total. The Morgan fingerprint density at radius 2 is 2.35 bits per heavy atom. The highest BCUT2D eigenvalue weighted by Gasteiger charge is 2.31. The van der Waals surface area contributed by atoms with Crippen molar-refractivity contribution in [1.29, 1.82) is 0 Å². The van der Waals surface area contributed by atoms with Crippen molar-refractivity contribution in [2.24, 2.45) is 5.73 Å². The van der Waals surface area contributed by atoms with E-state index in [2.05, 4.69) is 0 Å². The zero-order chi connectivity index (χ0) is 14.7. The Balaban J connectivity index is 2.13. The Hall–Kier alpha value is -1.60. The van der Waals surface area contributed by atoms with Crippen LogP contribution in [0.5, 0.6) is 0 Å². The van der Waals surface area contributed by atoms with Crippen molar-refractivity contribution in [2.45, 2.75) is 17.9 Å². The maximum absolute atomic E-state index is 13.9. The molecule has 1 aromatic rings. The van der Waals surface area contributed by atoms with E-state index in [-0.39, 0.29) is 24.2 Å². The molecule has 1 aliphatic heterocycles. The zero-order valence-electron chi connectivity index (χ0n) is 11.0. The minimum atomic E-state index is -0.524. The number of Topliss-reactive ketones (excluding diaryl/α,β-unsaturated/α-hetero) is 1. The summed E-state index contributed by atoms with van der Waals surface area (Å²) in [5, 5.41) is 0. The fourth-order valence-corrected chi connectivity index (χ4v) is 2.53. The van der Waals surface area contributed by atoms with Gasteiger partial charge >= 0.3 is 6.09 Å². The molecule has 1 heterocycles. The van der Waals surface area contributed by atoms with Crippen LogP contribution in [0.4, 0.5) is 14.9 Å². The van der Waals surface area contributed by atoms with Crippen molar-refractivity contribution in [3.05, 3.63) is 24.0 Å². The molecule has 1 amide bonds. The number of ether oxygens (including phenoxy) is 1. The molecular weight excluding hydrogens is 283 g/mol. The number of amides is 1. The molecule has 0 aromatic heterocycles. The van der Waals surface area contributed by atoms with Gasteiger partial charge in [0.2, 0.25) is 0 Å². The number of nitrogens with two attached hydrogens (primary N) is 1. The minimum absolute atomic E-state index is 0.0209. The van der Waals surface area contributed by atoms with E-state index < -0.39 is 11.9 Å². The molecule has 1 aliphatic rings. The quantitative estimate of drug-likeness (QED) is 0.839. The molecule has 2 rings (SSSR count). The molecule has 108 valence electrons. The van der Waals surface area contributed by atoms with Gasteiger partial charge in [0, 0.05) is 11.4 Å². The van der Waals surface area contributed by atoms with Crippen molar-refractivity contribution in [3.63, 3.8) is 0 Å². The van der Waals surface area contributed by atoms with Gasteiger partial charge in [-0.1, -0.05) is 0 Å². The second kappa shape index (κ2) is 6.23. The van der Waals surface area contributed by atoms with E-state index in [0.717, 1.165) is 11.8 Å². The van der Waals surface area contributed by atoms with Gasteiger partial charge in [-0.15, -0.1) is 11.8 Å². The van der Waals surface area contributed by atoms with E-state index in [1.54, 1.807) is 12.1 Å². The molecule has 20 heavy (non-hydrogen) atoms. The average molecular weight is 298 g/mol. The fraction of sp³-hybridized carbons (Fsp3) is 0.385. The number of rotatable bonds is 5. The third-order valence-electron chi connectivity index (χ3n) is 2.80. The van der Waals surface area contributed by atoms with Crippen LogP contribution in [0.15, 0.2) is 23.1 Å². The molecule has 1 fully saturated rings. The average Bonchev–Trinajstić information content (AvgIpc) is 2.78. The van der Waals surface area contributed by atoms with E-state index in [4.69, 9.17) is 10.5 Å². The summed E-state index contributed by atoms with van der Waals surface area (Å²) in [4.78, 5) is 24.3. The molecule has 0 bridgehead atoms. The highest BCUT2D eigenvalue weighted by Crippen LogP contribution is 2.28. The van der Waals surface area contributed by atoms with E-state index >= 15 is 0 Å². The van der Waals surface area contributed by atoms with Crippen LogP contribution in [-0.2, 0) is 9.53 Å². The lowest BCUT2D eigenvalue weighted by molar-refractivity contribution is -0.114. The van der Waals surface area contributed by atoms with Crippen LogP contribution in [0, 0.1) is 5.82 Å². The number of nitrogens with zero attached hydrogens (tertiary/aromatic N) is 1. The van der Waals surface area contributed by atoms with Crippen LogP contribution in [0.3, 0.4) is 0 Å². The first-order chi connectivity index (χ1) is 9.51. The third-order valence-corrected chi connectivity index (χ3v) is 3.99. The predicted molar refractivity (Wildman–Crippen MR) is 74.5 cm³/mol. The number of halogens is 1. The van der Waals surface area contributed by atoms with Crippen LogP contribution < -0.4 is 10.6 Å². The van der Waals surface area contributed by atoms with Crippen LogP contribution in [0.2, 0.25) is 0 Å². The van der Waals surface area contributed by atoms with Crippen molar-refractivity contribution < 1.29 is 18.7 Å². The summed E-state index contributed by atoms with van der Waals surface area (Å²) in [5.41, 5.74) is 5.87. The zero-order valence-corrected chi connectivity index (χ0v) is 11.8. The lowest BCUT2D eigenvalue weighted by atomic mass is 10.2. The first-order valence-corrected chi connectivity index (χ1v) is 7.10. The molecule has 0 unspecified atom stereocenters. The fourth-order valence-electron chi connectivity index (χ4n) is 1.81. The molecular formula is C13H15FN2O3S. The second-order valence-electron chi connectivity index (χ2n) is 4.46. The van der Waals surface area contributed by atoms with E-state index in [1.807, 2.05) is 0 Å². The van der Waals surface area contributed by atoms with Gasteiger partial charge in [0.15, 0.2) is 0 Å². The van der Waals surface area contributed by atoms with Gasteiger partial charge in [-0.3, -0.25) is 9.69 Å². The Kier molecular flexibility index (Phi) is 4.61. The molecule has 1 saturated heterocycles. The summed E-state index contributed by atoms with van der Waals surface area (Å²) in [7, 11) is 0. The van der Waals surface area contributed by atoms with E-state index in [9.17, 15) is 14.0 Å². The molecule has 2 N–H and O–H groups in total. The van der Waals surface area contributed by atoms with Crippen molar-refractivity contribution in [1.82, 2.24) is 0 Å². The SMILES string of the molecule is CC(=O)CSc1ccc(N2C[C@H](CN)OC2=O)cc1F. The molecule has 0 spiro atoms. The molecule has 1 aromatic carbocycles. The summed E-state index contributed by atoms with van der Waals surface area (Å²) in [5.74, 6) is -0.262. The number of ketones is 1. The lowest BCUT2D eigenvalue weighted by Crippen LogP contribution is -2.27. The first kappa shape index (κ1) is 14.8. The molecule has 7 heteroatoms. The number of anilines is 1. The number of hydrogen-bond acceptors (Lipinski definition) is 5. The number of carbonyl (C=O) groups excluding carboxylic acids is 2. The maximum Gasteiger partial charge on any atom is 0.414 e. The summed E-state index contributed by atoms with van der Waals surface area (Å²) >= 11 is 1.13. The third kappa shape index (κ3) is 3.29. The van der Waals surface area contributed by atoms with Gasteiger partial charge in [0.1, 0.15) is 17.7 Å². The molecule has 0 radical (unpaired) electrons. The van der Waals surface area contributed by atoms with Gasteiger partial charge in [-0.2, -0.15) is 0 Å². The van der Waals surface area contributed by atoms with Gasteiger partial charge < -0.3 is 10.5 Å². The standard InChI is InChI=1S/C13H15FN2O3S/c1-8(17)7-20-12-3-2-9(4-11(12)14)16-6-10(5-15)19-13(16)18/h2-4,10H,5-7,15H2,1H3/t10-/m0/s1. The first-order valence-electron chi connectivity index (χ1n) is 6.11. The van der Waals surface area contributed by atoms with Crippen LogP contribution in [0.1, 0.15) is 6.92 Å². The van der Waals surface area contributed by atoms with Gasteiger partial charge in [-0.25, -0.2) is 9.18 Å². The van der Waals surface area contributed by atoms with Crippen molar-refractivity contribution in [3.8, 4) is 0 Å². The highest BCUT2D eigenvalue weighted by molar-refractivity contribution is 8.00. The number of benzene rings is 1. The highest BCUT2D eigenvalue weighted by atomic mass is 32.2. The van der Waals surface area contributed by atoms with Crippen LogP contribution >= 0.6 is 11.8 Å². The Morgan fingerprint density at radius 1 is 1.60 bits per heavy atom. The smallest absolute Gasteiger partial charge is 0.414 e. The number of hydrogen-bond donors (Lipinski definition) is 1. The molecule has 0 saturated carbocycles. The Bertz CT molecular complexity index is 538. The summed E-state index contributed by atoms with van der Waals surface area (Å²) in [6.07, 6.45) is -0.888. The summed E-state index contributed by atoms with van der Waals surface area (Å²) < 4.78 is 18.9. The predicted octanol–water partition coefficient (Wildman–Crippen LogP) is 1.79. The lowest BCUT2D eigenvalue weighted by Gasteiger charge is -2.13. The number of carbonyl (C=O) groups is 2. The minimum Gasteiger partial charge on any atom is -0.443 e. The van der Waals surface area contributed by atoms with Crippen LogP contribution in [0.25, 0.3) is 0 Å². The Morgan fingerprint density at radius 3 is 2.90 bits per heavy atom.